The molecule has 1 N–H and O–H groups in total. The van der Waals surface area contributed by atoms with E-state index in [4.69, 9.17) is 16.7 Å². The summed E-state index contributed by atoms with van der Waals surface area (Å²) >= 11 is 5.96. The van der Waals surface area contributed by atoms with Crippen molar-refractivity contribution in [2.24, 2.45) is 11.8 Å². The Kier molecular flexibility index (Phi) is 3.88. The number of nitrogens with zero attached hydrogens (tertiary/aromatic N) is 1. The Morgan fingerprint density at radius 1 is 1.56 bits per heavy atom. The molecule has 0 aliphatic carbocycles. The average Bonchev–Trinajstić information content (AvgIpc) is 2.64. The predicted molar refractivity (Wildman–Crippen MR) is 67.0 cm³/mol. The maximum absolute atomic E-state index is 12.9. The number of carboxylic acids is 1. The molecule has 3 nitrogen and oxygen atoms in total. The average molecular weight is 272 g/mol. The van der Waals surface area contributed by atoms with E-state index in [1.165, 1.54) is 12.1 Å². The molecule has 1 heterocycles. The summed E-state index contributed by atoms with van der Waals surface area (Å²) in [7, 11) is 0. The van der Waals surface area contributed by atoms with Crippen molar-refractivity contribution in [3.63, 3.8) is 0 Å². The molecule has 1 fully saturated rings. The zero-order chi connectivity index (χ0) is 13.3. The van der Waals surface area contributed by atoms with Gasteiger partial charge in [-0.3, -0.25) is 9.69 Å². The third-order valence-corrected chi connectivity index (χ3v) is 3.77. The number of carbonyl (C=O) groups is 1. The lowest BCUT2D eigenvalue weighted by Crippen LogP contribution is -2.23. The van der Waals surface area contributed by atoms with E-state index in [1.807, 2.05) is 11.8 Å². The lowest BCUT2D eigenvalue weighted by atomic mass is 9.99. The van der Waals surface area contributed by atoms with E-state index < -0.39 is 5.97 Å². The summed E-state index contributed by atoms with van der Waals surface area (Å²) in [5.74, 6) is -1.32. The van der Waals surface area contributed by atoms with Gasteiger partial charge in [-0.15, -0.1) is 0 Å². The van der Waals surface area contributed by atoms with Gasteiger partial charge in [-0.05, 0) is 23.6 Å². The predicted octanol–water partition coefficient (Wildman–Crippen LogP) is 2.63. The summed E-state index contributed by atoms with van der Waals surface area (Å²) < 4.78 is 12.9. The molecule has 0 amide bonds. The largest absolute Gasteiger partial charge is 0.481 e. The number of carboxylic acid groups (broad SMARTS) is 1. The first-order valence-corrected chi connectivity index (χ1v) is 6.24. The Labute approximate surface area is 110 Å². The summed E-state index contributed by atoms with van der Waals surface area (Å²) in [6.45, 7) is 3.74. The molecule has 18 heavy (non-hydrogen) atoms. The van der Waals surface area contributed by atoms with Crippen LogP contribution < -0.4 is 0 Å². The quantitative estimate of drug-likeness (QED) is 0.919. The summed E-state index contributed by atoms with van der Waals surface area (Å²) in [6, 6.07) is 4.30. The van der Waals surface area contributed by atoms with Crippen LogP contribution in [-0.4, -0.2) is 29.1 Å². The lowest BCUT2D eigenvalue weighted by Gasteiger charge is -2.16. The lowest BCUT2D eigenvalue weighted by molar-refractivity contribution is -0.142. The van der Waals surface area contributed by atoms with Crippen molar-refractivity contribution in [1.29, 1.82) is 0 Å². The Hall–Kier alpha value is -1.13. The van der Waals surface area contributed by atoms with Gasteiger partial charge in [0.05, 0.1) is 5.92 Å². The molecule has 1 aliphatic heterocycles. The van der Waals surface area contributed by atoms with E-state index in [-0.39, 0.29) is 17.7 Å². The second kappa shape index (κ2) is 5.24. The Morgan fingerprint density at radius 2 is 2.28 bits per heavy atom. The summed E-state index contributed by atoms with van der Waals surface area (Å²) in [4.78, 5) is 13.1. The van der Waals surface area contributed by atoms with Gasteiger partial charge >= 0.3 is 5.97 Å². The van der Waals surface area contributed by atoms with Crippen LogP contribution >= 0.6 is 11.6 Å². The van der Waals surface area contributed by atoms with Crippen LogP contribution in [0.4, 0.5) is 4.39 Å². The van der Waals surface area contributed by atoms with Gasteiger partial charge in [0.15, 0.2) is 0 Å². The molecule has 0 bridgehead atoms. The molecular weight excluding hydrogens is 257 g/mol. The molecule has 1 aromatic carbocycles. The zero-order valence-corrected chi connectivity index (χ0v) is 10.8. The number of hydrogen-bond acceptors (Lipinski definition) is 2. The first-order valence-electron chi connectivity index (χ1n) is 5.86. The van der Waals surface area contributed by atoms with Gasteiger partial charge in [-0.25, -0.2) is 4.39 Å². The fraction of sp³-hybridized carbons (Fsp3) is 0.462. The fourth-order valence-electron chi connectivity index (χ4n) is 2.41. The van der Waals surface area contributed by atoms with E-state index >= 15 is 0 Å². The molecule has 1 aromatic rings. The monoisotopic (exact) mass is 271 g/mol. The van der Waals surface area contributed by atoms with E-state index in [1.54, 1.807) is 6.07 Å². The van der Waals surface area contributed by atoms with Crippen molar-refractivity contribution in [2.45, 2.75) is 13.5 Å². The first kappa shape index (κ1) is 13.3. The van der Waals surface area contributed by atoms with Crippen molar-refractivity contribution in [3.8, 4) is 0 Å². The van der Waals surface area contributed by atoms with Gasteiger partial charge in [0.25, 0.3) is 0 Å². The first-order chi connectivity index (χ1) is 8.47. The number of halogens is 2. The van der Waals surface area contributed by atoms with Crippen molar-refractivity contribution in [1.82, 2.24) is 4.90 Å². The van der Waals surface area contributed by atoms with Crippen molar-refractivity contribution in [3.05, 3.63) is 34.6 Å². The zero-order valence-electron chi connectivity index (χ0n) is 10.1. The number of rotatable bonds is 3. The third kappa shape index (κ3) is 2.82. The second-order valence-corrected chi connectivity index (χ2v) is 5.26. The van der Waals surface area contributed by atoms with Crippen LogP contribution in [0.5, 0.6) is 0 Å². The fourth-order valence-corrected chi connectivity index (χ4v) is 2.64. The molecule has 1 aliphatic rings. The highest BCUT2D eigenvalue weighted by Crippen LogP contribution is 2.26. The van der Waals surface area contributed by atoms with E-state index in [9.17, 15) is 9.18 Å². The molecule has 0 spiro atoms. The van der Waals surface area contributed by atoms with Crippen molar-refractivity contribution in [2.75, 3.05) is 13.1 Å². The van der Waals surface area contributed by atoms with Gasteiger partial charge in [0.1, 0.15) is 5.82 Å². The van der Waals surface area contributed by atoms with Crippen molar-refractivity contribution >= 4 is 17.6 Å². The van der Waals surface area contributed by atoms with Gasteiger partial charge in [-0.2, -0.15) is 0 Å². The maximum atomic E-state index is 12.9. The molecule has 2 rings (SSSR count). The minimum absolute atomic E-state index is 0.127. The highest BCUT2D eigenvalue weighted by molar-refractivity contribution is 6.31. The van der Waals surface area contributed by atoms with Gasteiger partial charge in [0, 0.05) is 24.7 Å². The molecule has 0 saturated carbocycles. The van der Waals surface area contributed by atoms with Crippen LogP contribution in [0.15, 0.2) is 18.2 Å². The molecule has 1 saturated heterocycles. The maximum Gasteiger partial charge on any atom is 0.308 e. The van der Waals surface area contributed by atoms with Crippen LogP contribution in [0.1, 0.15) is 12.5 Å². The van der Waals surface area contributed by atoms with Crippen LogP contribution in [0.25, 0.3) is 0 Å². The molecule has 2 atom stereocenters. The van der Waals surface area contributed by atoms with Gasteiger partial charge in [0.2, 0.25) is 0 Å². The minimum Gasteiger partial charge on any atom is -0.481 e. The highest BCUT2D eigenvalue weighted by atomic mass is 35.5. The summed E-state index contributed by atoms with van der Waals surface area (Å²) in [5, 5.41) is 9.45. The smallest absolute Gasteiger partial charge is 0.308 e. The molecule has 98 valence electrons. The normalized spacial score (nSPS) is 24.4. The number of likely N-dealkylation sites (tertiary alicyclic amines) is 1. The van der Waals surface area contributed by atoms with E-state index in [2.05, 4.69) is 0 Å². The number of hydrogen-bond donors (Lipinski definition) is 1. The topological polar surface area (TPSA) is 40.5 Å². The molecule has 0 aromatic heterocycles. The SMILES string of the molecule is CC1CN(Cc2ccc(F)cc2Cl)CC1C(=O)O. The number of benzene rings is 1. The van der Waals surface area contributed by atoms with Crippen LogP contribution in [0.2, 0.25) is 5.02 Å². The molecular formula is C13H15ClFNO2. The van der Waals surface area contributed by atoms with Crippen LogP contribution in [0.3, 0.4) is 0 Å². The minimum atomic E-state index is -0.754. The summed E-state index contributed by atoms with van der Waals surface area (Å²) in [5.41, 5.74) is 0.830. The standard InChI is InChI=1S/C13H15ClFNO2/c1-8-5-16(7-11(8)13(17)18)6-9-2-3-10(15)4-12(9)14/h2-4,8,11H,5-7H2,1H3,(H,17,18). The number of aliphatic carboxylic acids is 1. The van der Waals surface area contributed by atoms with E-state index in [0.717, 1.165) is 12.1 Å². The van der Waals surface area contributed by atoms with Crippen molar-refractivity contribution < 1.29 is 14.3 Å². The molecule has 2 unspecified atom stereocenters. The molecule has 0 radical (unpaired) electrons. The third-order valence-electron chi connectivity index (χ3n) is 3.41. The van der Waals surface area contributed by atoms with Crippen LogP contribution in [-0.2, 0) is 11.3 Å². The molecule has 5 heteroatoms. The highest BCUT2D eigenvalue weighted by Gasteiger charge is 2.34. The van der Waals surface area contributed by atoms with Gasteiger partial charge < -0.3 is 5.11 Å². The van der Waals surface area contributed by atoms with Gasteiger partial charge in [-0.1, -0.05) is 24.6 Å². The Balaban J connectivity index is 2.05. The summed E-state index contributed by atoms with van der Waals surface area (Å²) in [6.07, 6.45) is 0. The Bertz CT molecular complexity index is 466. The van der Waals surface area contributed by atoms with E-state index in [0.29, 0.717) is 18.1 Å². The van der Waals surface area contributed by atoms with Crippen LogP contribution in [0, 0.1) is 17.7 Å². The second-order valence-electron chi connectivity index (χ2n) is 4.85. The Morgan fingerprint density at radius 3 is 2.83 bits per heavy atom.